The predicted octanol–water partition coefficient (Wildman–Crippen LogP) is 3.76. The molecular formula is C14H15N. The molecule has 0 saturated carbocycles. The molecule has 1 nitrogen and oxygen atoms in total. The van der Waals surface area contributed by atoms with Crippen LogP contribution in [0.4, 0.5) is 0 Å². The number of hydrogen-bond acceptors (Lipinski definition) is 1. The van der Waals surface area contributed by atoms with E-state index in [0.717, 1.165) is 27.8 Å². The summed E-state index contributed by atoms with van der Waals surface area (Å²) in [7, 11) is 0. The molecule has 76 valence electrons. The van der Waals surface area contributed by atoms with Crippen LogP contribution < -0.4 is 0 Å². The van der Waals surface area contributed by atoms with E-state index in [0.29, 0.717) is 0 Å². The van der Waals surface area contributed by atoms with E-state index in [-0.39, 0.29) is 0 Å². The lowest BCUT2D eigenvalue weighted by molar-refractivity contribution is 1.30. The first-order valence-electron chi connectivity index (χ1n) is 4.89. The third-order valence-electron chi connectivity index (χ3n) is 2.37. The van der Waals surface area contributed by atoms with Crippen molar-refractivity contribution in [3.8, 4) is 6.07 Å². The number of benzene rings is 1. The third kappa shape index (κ3) is 2.82. The molecule has 15 heavy (non-hydrogen) atoms. The highest BCUT2D eigenvalue weighted by Gasteiger charge is 2.01. The SMILES string of the molecule is C=C(C)/C=C/c1cc(C)c(C)c(C#N)c1. The molecule has 0 aliphatic carbocycles. The lowest BCUT2D eigenvalue weighted by Crippen LogP contribution is -1.88. The van der Waals surface area contributed by atoms with Crippen LogP contribution in [0.2, 0.25) is 0 Å². The number of nitrogens with zero attached hydrogens (tertiary/aromatic N) is 1. The fourth-order valence-corrected chi connectivity index (χ4v) is 1.34. The van der Waals surface area contributed by atoms with Crippen molar-refractivity contribution in [2.45, 2.75) is 20.8 Å². The van der Waals surface area contributed by atoms with Gasteiger partial charge in [-0.1, -0.05) is 30.4 Å². The van der Waals surface area contributed by atoms with E-state index in [1.165, 1.54) is 0 Å². The van der Waals surface area contributed by atoms with E-state index >= 15 is 0 Å². The van der Waals surface area contributed by atoms with E-state index in [2.05, 4.69) is 18.7 Å². The predicted molar refractivity (Wildman–Crippen MR) is 64.5 cm³/mol. The Balaban J connectivity index is 3.18. The highest BCUT2D eigenvalue weighted by molar-refractivity contribution is 5.58. The molecule has 0 aliphatic heterocycles. The van der Waals surface area contributed by atoms with Crippen molar-refractivity contribution in [1.29, 1.82) is 5.26 Å². The van der Waals surface area contributed by atoms with Crippen LogP contribution in [0, 0.1) is 25.2 Å². The van der Waals surface area contributed by atoms with Gasteiger partial charge in [0, 0.05) is 0 Å². The van der Waals surface area contributed by atoms with E-state index < -0.39 is 0 Å². The second-order valence-corrected chi connectivity index (χ2v) is 3.80. The molecule has 1 aromatic carbocycles. The van der Waals surface area contributed by atoms with Crippen LogP contribution in [0.1, 0.15) is 29.2 Å². The van der Waals surface area contributed by atoms with Gasteiger partial charge in [0.2, 0.25) is 0 Å². The highest BCUT2D eigenvalue weighted by atomic mass is 14.2. The standard InChI is InChI=1S/C14H15N/c1-10(2)5-6-13-7-11(3)12(4)14(8-13)9-15/h5-8H,1H2,2-4H3/b6-5+. The van der Waals surface area contributed by atoms with Gasteiger partial charge in [-0.3, -0.25) is 0 Å². The number of rotatable bonds is 2. The molecule has 0 amide bonds. The van der Waals surface area contributed by atoms with E-state index in [1.807, 2.05) is 39.0 Å². The smallest absolute Gasteiger partial charge is 0.0994 e. The molecule has 0 spiro atoms. The van der Waals surface area contributed by atoms with Gasteiger partial charge in [-0.05, 0) is 43.5 Å². The van der Waals surface area contributed by atoms with Crippen molar-refractivity contribution in [2.75, 3.05) is 0 Å². The zero-order valence-electron chi connectivity index (χ0n) is 9.46. The molecule has 1 aromatic rings. The molecule has 0 saturated heterocycles. The van der Waals surface area contributed by atoms with Crippen LogP contribution in [-0.4, -0.2) is 0 Å². The van der Waals surface area contributed by atoms with Crippen LogP contribution in [0.5, 0.6) is 0 Å². The first kappa shape index (κ1) is 11.3. The number of nitriles is 1. The van der Waals surface area contributed by atoms with E-state index in [4.69, 9.17) is 5.26 Å². The second kappa shape index (κ2) is 4.61. The maximum atomic E-state index is 8.95. The summed E-state index contributed by atoms with van der Waals surface area (Å²) in [6, 6.07) is 6.19. The Morgan fingerprint density at radius 2 is 2.07 bits per heavy atom. The molecule has 0 N–H and O–H groups in total. The summed E-state index contributed by atoms with van der Waals surface area (Å²) in [6.07, 6.45) is 3.93. The van der Waals surface area contributed by atoms with Gasteiger partial charge >= 0.3 is 0 Å². The second-order valence-electron chi connectivity index (χ2n) is 3.80. The van der Waals surface area contributed by atoms with Crippen LogP contribution in [0.3, 0.4) is 0 Å². The molecule has 0 radical (unpaired) electrons. The fourth-order valence-electron chi connectivity index (χ4n) is 1.34. The minimum atomic E-state index is 0.747. The van der Waals surface area contributed by atoms with Gasteiger partial charge in [-0.2, -0.15) is 5.26 Å². The topological polar surface area (TPSA) is 23.8 Å². The summed E-state index contributed by atoms with van der Waals surface area (Å²) in [5.74, 6) is 0. The summed E-state index contributed by atoms with van der Waals surface area (Å²) >= 11 is 0. The van der Waals surface area contributed by atoms with Crippen molar-refractivity contribution in [3.05, 3.63) is 52.6 Å². The molecule has 1 rings (SSSR count). The van der Waals surface area contributed by atoms with Gasteiger partial charge in [0.1, 0.15) is 0 Å². The van der Waals surface area contributed by atoms with Crippen molar-refractivity contribution >= 4 is 6.08 Å². The summed E-state index contributed by atoms with van der Waals surface area (Å²) < 4.78 is 0. The summed E-state index contributed by atoms with van der Waals surface area (Å²) in [6.45, 7) is 9.74. The maximum Gasteiger partial charge on any atom is 0.0994 e. The summed E-state index contributed by atoms with van der Waals surface area (Å²) in [5, 5.41) is 8.95. The zero-order valence-corrected chi connectivity index (χ0v) is 9.46. The first-order valence-corrected chi connectivity index (χ1v) is 4.89. The maximum absolute atomic E-state index is 8.95. The van der Waals surface area contributed by atoms with E-state index in [1.54, 1.807) is 0 Å². The minimum absolute atomic E-state index is 0.747. The van der Waals surface area contributed by atoms with Crippen LogP contribution in [0.15, 0.2) is 30.4 Å². The van der Waals surface area contributed by atoms with Crippen LogP contribution >= 0.6 is 0 Å². The molecule has 0 atom stereocenters. The Labute approximate surface area is 91.4 Å². The Bertz CT molecular complexity index is 459. The van der Waals surface area contributed by atoms with Crippen molar-refractivity contribution in [2.24, 2.45) is 0 Å². The van der Waals surface area contributed by atoms with Gasteiger partial charge < -0.3 is 0 Å². The van der Waals surface area contributed by atoms with Crippen molar-refractivity contribution < 1.29 is 0 Å². The molecule has 1 heteroatoms. The lowest BCUT2D eigenvalue weighted by Gasteiger charge is -2.04. The number of hydrogen-bond donors (Lipinski definition) is 0. The third-order valence-corrected chi connectivity index (χ3v) is 2.37. The molecule has 0 heterocycles. The minimum Gasteiger partial charge on any atom is -0.192 e. The number of aryl methyl sites for hydroxylation is 1. The lowest BCUT2D eigenvalue weighted by atomic mass is 10.00. The van der Waals surface area contributed by atoms with Crippen molar-refractivity contribution in [1.82, 2.24) is 0 Å². The molecule has 0 unspecified atom stereocenters. The monoisotopic (exact) mass is 197 g/mol. The quantitative estimate of drug-likeness (QED) is 0.662. The Kier molecular flexibility index (Phi) is 3.46. The van der Waals surface area contributed by atoms with Gasteiger partial charge in [0.15, 0.2) is 0 Å². The largest absolute Gasteiger partial charge is 0.192 e. The van der Waals surface area contributed by atoms with Crippen molar-refractivity contribution in [3.63, 3.8) is 0 Å². The van der Waals surface area contributed by atoms with E-state index in [9.17, 15) is 0 Å². The summed E-state index contributed by atoms with van der Waals surface area (Å²) in [5.41, 5.74) is 5.01. The highest BCUT2D eigenvalue weighted by Crippen LogP contribution is 2.16. The summed E-state index contributed by atoms with van der Waals surface area (Å²) in [4.78, 5) is 0. The zero-order chi connectivity index (χ0) is 11.4. The van der Waals surface area contributed by atoms with Crippen LogP contribution in [-0.2, 0) is 0 Å². The molecular weight excluding hydrogens is 182 g/mol. The van der Waals surface area contributed by atoms with Gasteiger partial charge in [0.05, 0.1) is 11.6 Å². The molecule has 0 aromatic heterocycles. The average molecular weight is 197 g/mol. The Morgan fingerprint density at radius 1 is 1.40 bits per heavy atom. The number of allylic oxidation sites excluding steroid dienone is 2. The Hall–Kier alpha value is -1.81. The Morgan fingerprint density at radius 3 is 2.60 bits per heavy atom. The van der Waals surface area contributed by atoms with Gasteiger partial charge in [0.25, 0.3) is 0 Å². The van der Waals surface area contributed by atoms with Crippen LogP contribution in [0.25, 0.3) is 6.08 Å². The molecule has 0 bridgehead atoms. The molecule has 0 fully saturated rings. The fraction of sp³-hybridized carbons (Fsp3) is 0.214. The normalized spacial score (nSPS) is 10.3. The average Bonchev–Trinajstić information content (AvgIpc) is 2.19. The van der Waals surface area contributed by atoms with Gasteiger partial charge in [-0.25, -0.2) is 0 Å². The first-order chi connectivity index (χ1) is 7.04. The van der Waals surface area contributed by atoms with Gasteiger partial charge in [-0.15, -0.1) is 0 Å². The molecule has 0 aliphatic rings.